The second-order valence-corrected chi connectivity index (χ2v) is 5.43. The number of carbonyl (C=O) groups is 2. The van der Waals surface area contributed by atoms with Crippen molar-refractivity contribution in [2.24, 2.45) is 0 Å². The fourth-order valence-electron chi connectivity index (χ4n) is 1.19. The van der Waals surface area contributed by atoms with E-state index in [9.17, 15) is 9.59 Å². The Balaban J connectivity index is 3.63. The van der Waals surface area contributed by atoms with E-state index < -0.39 is 0 Å². The zero-order valence-corrected chi connectivity index (χ0v) is 11.5. The average molecular weight is 243 g/mol. The quantitative estimate of drug-likeness (QED) is 0.632. The number of amides is 2. The van der Waals surface area contributed by atoms with Crippen molar-refractivity contribution in [3.05, 3.63) is 0 Å². The molecule has 100 valence electrons. The Morgan fingerprint density at radius 1 is 1.12 bits per heavy atom. The summed E-state index contributed by atoms with van der Waals surface area (Å²) in [5, 5.41) is 8.50. The van der Waals surface area contributed by atoms with E-state index in [0.717, 1.165) is 0 Å². The first-order chi connectivity index (χ1) is 7.70. The molecule has 0 aromatic carbocycles. The van der Waals surface area contributed by atoms with E-state index in [1.54, 1.807) is 0 Å². The van der Waals surface area contributed by atoms with E-state index in [1.807, 2.05) is 34.6 Å². The second kappa shape index (κ2) is 7.27. The van der Waals surface area contributed by atoms with Gasteiger partial charge in [-0.3, -0.25) is 9.59 Å². The predicted octanol–water partition coefficient (Wildman–Crippen LogP) is 0.405. The maximum atomic E-state index is 11.4. The van der Waals surface area contributed by atoms with Crippen LogP contribution in [0.1, 0.15) is 41.0 Å². The molecule has 0 fully saturated rings. The topological polar surface area (TPSA) is 70.2 Å². The fraction of sp³-hybridized carbons (Fsp3) is 0.833. The summed E-state index contributed by atoms with van der Waals surface area (Å²) in [4.78, 5) is 22.6. The van der Waals surface area contributed by atoms with Crippen LogP contribution >= 0.6 is 0 Å². The molecule has 0 aliphatic rings. The van der Waals surface area contributed by atoms with Crippen molar-refractivity contribution in [3.63, 3.8) is 0 Å². The highest BCUT2D eigenvalue weighted by atomic mass is 16.2. The largest absolute Gasteiger partial charge is 0.352 e. The van der Waals surface area contributed by atoms with Crippen molar-refractivity contribution in [1.82, 2.24) is 16.0 Å². The van der Waals surface area contributed by atoms with E-state index in [-0.39, 0.29) is 29.9 Å². The molecular weight excluding hydrogens is 218 g/mol. The van der Waals surface area contributed by atoms with Gasteiger partial charge in [-0.2, -0.15) is 0 Å². The minimum absolute atomic E-state index is 0.00922. The van der Waals surface area contributed by atoms with E-state index in [4.69, 9.17) is 0 Å². The first kappa shape index (κ1) is 15.9. The van der Waals surface area contributed by atoms with Crippen LogP contribution in [0.3, 0.4) is 0 Å². The Hall–Kier alpha value is -1.10. The van der Waals surface area contributed by atoms with E-state index in [2.05, 4.69) is 16.0 Å². The van der Waals surface area contributed by atoms with Crippen LogP contribution in [-0.2, 0) is 9.59 Å². The van der Waals surface area contributed by atoms with Crippen LogP contribution in [-0.4, -0.2) is 36.5 Å². The first-order valence-corrected chi connectivity index (χ1v) is 6.02. The number of hydrogen-bond donors (Lipinski definition) is 3. The molecule has 5 heteroatoms. The Kier molecular flexibility index (Phi) is 6.80. The molecule has 0 rings (SSSR count). The van der Waals surface area contributed by atoms with Gasteiger partial charge in [0.05, 0.1) is 6.54 Å². The third kappa shape index (κ3) is 11.2. The van der Waals surface area contributed by atoms with Gasteiger partial charge >= 0.3 is 0 Å². The lowest BCUT2D eigenvalue weighted by Crippen LogP contribution is -2.42. The molecule has 2 amide bonds. The van der Waals surface area contributed by atoms with Crippen LogP contribution in [0.15, 0.2) is 0 Å². The van der Waals surface area contributed by atoms with Crippen molar-refractivity contribution >= 4 is 11.8 Å². The number of hydrogen-bond acceptors (Lipinski definition) is 3. The second-order valence-electron chi connectivity index (χ2n) is 5.43. The van der Waals surface area contributed by atoms with Gasteiger partial charge < -0.3 is 16.0 Å². The molecule has 0 bridgehead atoms. The fourth-order valence-corrected chi connectivity index (χ4v) is 1.19. The van der Waals surface area contributed by atoms with Gasteiger partial charge in [-0.1, -0.05) is 0 Å². The zero-order chi connectivity index (χ0) is 13.5. The van der Waals surface area contributed by atoms with Crippen molar-refractivity contribution in [3.8, 4) is 0 Å². The van der Waals surface area contributed by atoms with E-state index >= 15 is 0 Å². The summed E-state index contributed by atoms with van der Waals surface area (Å²) in [6.45, 7) is 10.6. The Bertz CT molecular complexity index is 257. The normalized spacial score (nSPS) is 11.4. The summed E-state index contributed by atoms with van der Waals surface area (Å²) in [5.41, 5.74) is 0.00922. The molecule has 17 heavy (non-hydrogen) atoms. The molecule has 0 radical (unpaired) electrons. The molecule has 0 atom stereocenters. The highest BCUT2D eigenvalue weighted by Gasteiger charge is 2.10. The summed E-state index contributed by atoms with van der Waals surface area (Å²) >= 11 is 0. The third-order valence-corrected chi connectivity index (χ3v) is 1.90. The minimum atomic E-state index is -0.155. The van der Waals surface area contributed by atoms with Crippen LogP contribution < -0.4 is 16.0 Å². The summed E-state index contributed by atoms with van der Waals surface area (Å²) in [6.07, 6.45) is 0.381. The Labute approximate surface area is 104 Å². The summed E-state index contributed by atoms with van der Waals surface area (Å²) in [7, 11) is 0. The summed E-state index contributed by atoms with van der Waals surface area (Å²) in [5.74, 6) is -0.266. The molecular formula is C12H25N3O2. The van der Waals surface area contributed by atoms with E-state index in [1.165, 1.54) is 0 Å². The highest BCUT2D eigenvalue weighted by Crippen LogP contribution is 1.97. The average Bonchev–Trinajstić information content (AvgIpc) is 2.11. The summed E-state index contributed by atoms with van der Waals surface area (Å²) < 4.78 is 0. The van der Waals surface area contributed by atoms with Gasteiger partial charge in [-0.25, -0.2) is 0 Å². The lowest BCUT2D eigenvalue weighted by Gasteiger charge is -2.20. The van der Waals surface area contributed by atoms with Crippen LogP contribution in [0.2, 0.25) is 0 Å². The van der Waals surface area contributed by atoms with Crippen molar-refractivity contribution in [2.45, 2.75) is 52.6 Å². The van der Waals surface area contributed by atoms with Crippen LogP contribution in [0, 0.1) is 0 Å². The van der Waals surface area contributed by atoms with Gasteiger partial charge in [-0.15, -0.1) is 0 Å². The molecule has 0 aliphatic carbocycles. The van der Waals surface area contributed by atoms with Crippen molar-refractivity contribution in [2.75, 3.05) is 13.1 Å². The molecule has 0 saturated carbocycles. The lowest BCUT2D eigenvalue weighted by molar-refractivity contribution is -0.126. The smallest absolute Gasteiger partial charge is 0.239 e. The Morgan fingerprint density at radius 3 is 2.18 bits per heavy atom. The van der Waals surface area contributed by atoms with Gasteiger partial charge in [-0.05, 0) is 34.6 Å². The number of carbonyl (C=O) groups excluding carboxylic acids is 2. The van der Waals surface area contributed by atoms with Crippen molar-refractivity contribution < 1.29 is 9.59 Å². The van der Waals surface area contributed by atoms with E-state index in [0.29, 0.717) is 13.0 Å². The molecule has 0 unspecified atom stereocenters. The van der Waals surface area contributed by atoms with Crippen LogP contribution in [0.4, 0.5) is 0 Å². The molecule has 0 aromatic heterocycles. The van der Waals surface area contributed by atoms with Gasteiger partial charge in [0, 0.05) is 24.5 Å². The molecule has 0 aliphatic heterocycles. The molecule has 3 N–H and O–H groups in total. The monoisotopic (exact) mass is 243 g/mol. The molecule has 0 spiro atoms. The molecule has 0 heterocycles. The zero-order valence-electron chi connectivity index (χ0n) is 11.5. The SMILES string of the molecule is CC(C)NC(=O)CNC(=O)CCNC(C)(C)C. The maximum Gasteiger partial charge on any atom is 0.239 e. The van der Waals surface area contributed by atoms with Gasteiger partial charge in [0.15, 0.2) is 0 Å². The van der Waals surface area contributed by atoms with Gasteiger partial charge in [0.1, 0.15) is 0 Å². The van der Waals surface area contributed by atoms with Crippen molar-refractivity contribution in [1.29, 1.82) is 0 Å². The first-order valence-electron chi connectivity index (χ1n) is 6.02. The Morgan fingerprint density at radius 2 is 1.71 bits per heavy atom. The van der Waals surface area contributed by atoms with Gasteiger partial charge in [0.25, 0.3) is 0 Å². The van der Waals surface area contributed by atoms with Gasteiger partial charge in [0.2, 0.25) is 11.8 Å². The lowest BCUT2D eigenvalue weighted by atomic mass is 10.1. The highest BCUT2D eigenvalue weighted by molar-refractivity contribution is 5.84. The number of nitrogens with one attached hydrogen (secondary N) is 3. The summed E-state index contributed by atoms with van der Waals surface area (Å²) in [6, 6.07) is 0.0990. The molecule has 0 saturated heterocycles. The third-order valence-electron chi connectivity index (χ3n) is 1.90. The predicted molar refractivity (Wildman–Crippen MR) is 68.7 cm³/mol. The van der Waals surface area contributed by atoms with Crippen LogP contribution in [0.5, 0.6) is 0 Å². The minimum Gasteiger partial charge on any atom is -0.352 e. The molecule has 5 nitrogen and oxygen atoms in total. The maximum absolute atomic E-state index is 11.4. The standard InChI is InChI=1S/C12H25N3O2/c1-9(2)15-11(17)8-13-10(16)6-7-14-12(3,4)5/h9,14H,6-8H2,1-5H3,(H,13,16)(H,15,17). The van der Waals surface area contributed by atoms with Crippen LogP contribution in [0.25, 0.3) is 0 Å². The molecule has 0 aromatic rings. The number of rotatable bonds is 6.